The molecule has 5 heteroatoms. The van der Waals surface area contributed by atoms with Crippen LogP contribution in [0.2, 0.25) is 0 Å². The minimum Gasteiger partial charge on any atom is -0.465 e. The molecule has 0 saturated heterocycles. The van der Waals surface area contributed by atoms with Gasteiger partial charge in [-0.25, -0.2) is 9.78 Å². The zero-order valence-corrected chi connectivity index (χ0v) is 13.6. The maximum Gasteiger partial charge on any atom is 0.337 e. The van der Waals surface area contributed by atoms with Gasteiger partial charge in [0.15, 0.2) is 0 Å². The number of benzene rings is 2. The number of nitrogens with zero attached hydrogens (tertiary/aromatic N) is 1. The van der Waals surface area contributed by atoms with Crippen molar-refractivity contribution in [3.63, 3.8) is 0 Å². The molecule has 2 aromatic carbocycles. The van der Waals surface area contributed by atoms with Gasteiger partial charge in [-0.1, -0.05) is 12.1 Å². The SMILES string of the molecule is COC(=O)c1ccc2nc(-c3ccc(I)cc3)sc2c1. The normalized spacial score (nSPS) is 10.7. The summed E-state index contributed by atoms with van der Waals surface area (Å²) < 4.78 is 6.92. The molecule has 0 radical (unpaired) electrons. The van der Waals surface area contributed by atoms with Gasteiger partial charge >= 0.3 is 5.97 Å². The molecule has 3 nitrogen and oxygen atoms in total. The van der Waals surface area contributed by atoms with E-state index in [9.17, 15) is 4.79 Å². The largest absolute Gasteiger partial charge is 0.465 e. The predicted octanol–water partition coefficient (Wildman–Crippen LogP) is 4.35. The number of rotatable bonds is 2. The van der Waals surface area contributed by atoms with Gasteiger partial charge in [0.2, 0.25) is 0 Å². The molecular weight excluding hydrogens is 385 g/mol. The molecule has 0 aliphatic carbocycles. The highest BCUT2D eigenvalue weighted by Gasteiger charge is 2.10. The van der Waals surface area contributed by atoms with E-state index in [2.05, 4.69) is 51.8 Å². The van der Waals surface area contributed by atoms with E-state index < -0.39 is 0 Å². The second kappa shape index (κ2) is 5.49. The van der Waals surface area contributed by atoms with E-state index in [1.807, 2.05) is 12.1 Å². The average Bonchev–Trinajstić information content (AvgIpc) is 2.90. The number of ether oxygens (including phenoxy) is 1. The van der Waals surface area contributed by atoms with Crippen LogP contribution in [0.1, 0.15) is 10.4 Å². The molecule has 0 bridgehead atoms. The standard InChI is InChI=1S/C15H10INO2S/c1-19-15(18)10-4-7-12-13(8-10)20-14(17-12)9-2-5-11(16)6-3-9/h2-8H,1H3. The molecule has 1 heterocycles. The molecule has 0 aliphatic heterocycles. The van der Waals surface area contributed by atoms with Crippen LogP contribution in [0.4, 0.5) is 0 Å². The zero-order valence-electron chi connectivity index (χ0n) is 10.6. The van der Waals surface area contributed by atoms with Gasteiger partial charge in [0, 0.05) is 9.13 Å². The predicted molar refractivity (Wildman–Crippen MR) is 89.1 cm³/mol. The number of aromatic nitrogens is 1. The highest BCUT2D eigenvalue weighted by atomic mass is 127. The summed E-state index contributed by atoms with van der Waals surface area (Å²) in [6.45, 7) is 0. The van der Waals surface area contributed by atoms with Crippen molar-refractivity contribution in [2.75, 3.05) is 7.11 Å². The van der Waals surface area contributed by atoms with Crippen molar-refractivity contribution in [1.82, 2.24) is 4.98 Å². The van der Waals surface area contributed by atoms with Crippen molar-refractivity contribution in [2.45, 2.75) is 0 Å². The van der Waals surface area contributed by atoms with Gasteiger partial charge in [-0.2, -0.15) is 0 Å². The van der Waals surface area contributed by atoms with Crippen LogP contribution in [0.5, 0.6) is 0 Å². The number of halogens is 1. The Hall–Kier alpha value is -1.47. The van der Waals surface area contributed by atoms with E-state index in [1.54, 1.807) is 17.4 Å². The van der Waals surface area contributed by atoms with Crippen molar-refractivity contribution in [2.24, 2.45) is 0 Å². The summed E-state index contributed by atoms with van der Waals surface area (Å²) in [6, 6.07) is 13.7. The highest BCUT2D eigenvalue weighted by Crippen LogP contribution is 2.31. The lowest BCUT2D eigenvalue weighted by Crippen LogP contribution is -1.99. The Bertz CT molecular complexity index is 780. The summed E-state index contributed by atoms with van der Waals surface area (Å²) in [5, 5.41) is 0.957. The van der Waals surface area contributed by atoms with E-state index in [0.29, 0.717) is 5.56 Å². The van der Waals surface area contributed by atoms with Crippen molar-refractivity contribution < 1.29 is 9.53 Å². The molecular formula is C15H10INO2S. The van der Waals surface area contributed by atoms with E-state index in [4.69, 9.17) is 4.74 Å². The molecule has 0 amide bonds. The third-order valence-corrected chi connectivity index (χ3v) is 4.69. The summed E-state index contributed by atoms with van der Waals surface area (Å²) in [6.07, 6.45) is 0. The second-order valence-corrected chi connectivity index (χ2v) is 6.48. The first kappa shape index (κ1) is 13.5. The summed E-state index contributed by atoms with van der Waals surface area (Å²) in [5.41, 5.74) is 2.54. The van der Waals surface area contributed by atoms with Gasteiger partial charge in [0.05, 0.1) is 22.9 Å². The number of hydrogen-bond acceptors (Lipinski definition) is 4. The molecule has 0 saturated carbocycles. The Balaban J connectivity index is 2.06. The Labute approximate surface area is 133 Å². The number of fused-ring (bicyclic) bond motifs is 1. The first-order valence-electron chi connectivity index (χ1n) is 5.92. The van der Waals surface area contributed by atoms with Crippen LogP contribution in [0.25, 0.3) is 20.8 Å². The first-order chi connectivity index (χ1) is 9.67. The van der Waals surface area contributed by atoms with Gasteiger partial charge < -0.3 is 4.74 Å². The third kappa shape index (κ3) is 2.55. The Morgan fingerprint density at radius 2 is 1.95 bits per heavy atom. The van der Waals surface area contributed by atoms with Crippen LogP contribution >= 0.6 is 33.9 Å². The summed E-state index contributed by atoms with van der Waals surface area (Å²) in [7, 11) is 1.39. The molecule has 0 unspecified atom stereocenters. The molecule has 3 aromatic rings. The van der Waals surface area contributed by atoms with Gasteiger partial charge in [0.25, 0.3) is 0 Å². The number of methoxy groups -OCH3 is 1. The number of hydrogen-bond donors (Lipinski definition) is 0. The summed E-state index contributed by atoms with van der Waals surface area (Å²) in [5.74, 6) is -0.323. The average molecular weight is 395 g/mol. The molecule has 20 heavy (non-hydrogen) atoms. The minimum atomic E-state index is -0.323. The zero-order chi connectivity index (χ0) is 14.1. The van der Waals surface area contributed by atoms with Crippen LogP contribution < -0.4 is 0 Å². The second-order valence-electron chi connectivity index (χ2n) is 4.20. The quantitative estimate of drug-likeness (QED) is 0.478. The number of esters is 1. The van der Waals surface area contributed by atoms with Crippen LogP contribution in [-0.4, -0.2) is 18.1 Å². The van der Waals surface area contributed by atoms with E-state index in [0.717, 1.165) is 20.8 Å². The fraction of sp³-hybridized carbons (Fsp3) is 0.0667. The molecule has 100 valence electrons. The van der Waals surface area contributed by atoms with Crippen LogP contribution in [0, 0.1) is 3.57 Å². The summed E-state index contributed by atoms with van der Waals surface area (Å²) in [4.78, 5) is 16.1. The van der Waals surface area contributed by atoms with Gasteiger partial charge in [-0.3, -0.25) is 0 Å². The van der Waals surface area contributed by atoms with Crippen molar-refractivity contribution in [3.05, 3.63) is 51.6 Å². The van der Waals surface area contributed by atoms with Gasteiger partial charge in [-0.05, 0) is 52.9 Å². The Morgan fingerprint density at radius 3 is 2.65 bits per heavy atom. The Morgan fingerprint density at radius 1 is 1.20 bits per heavy atom. The van der Waals surface area contributed by atoms with Crippen molar-refractivity contribution in [3.8, 4) is 10.6 Å². The first-order valence-corrected chi connectivity index (χ1v) is 7.82. The minimum absolute atomic E-state index is 0.323. The monoisotopic (exact) mass is 395 g/mol. The lowest BCUT2D eigenvalue weighted by atomic mass is 10.2. The molecule has 0 fully saturated rings. The molecule has 0 aliphatic rings. The van der Waals surface area contributed by atoms with E-state index >= 15 is 0 Å². The van der Waals surface area contributed by atoms with Crippen LogP contribution in [0.15, 0.2) is 42.5 Å². The van der Waals surface area contributed by atoms with Gasteiger partial charge in [-0.15, -0.1) is 11.3 Å². The lowest BCUT2D eigenvalue weighted by molar-refractivity contribution is 0.0601. The fourth-order valence-electron chi connectivity index (χ4n) is 1.89. The molecule has 3 rings (SSSR count). The number of carbonyl (C=O) groups excluding carboxylic acids is 1. The molecule has 1 aromatic heterocycles. The smallest absolute Gasteiger partial charge is 0.337 e. The third-order valence-electron chi connectivity index (χ3n) is 2.90. The maximum atomic E-state index is 11.5. The van der Waals surface area contributed by atoms with Crippen molar-refractivity contribution in [1.29, 1.82) is 0 Å². The van der Waals surface area contributed by atoms with Crippen LogP contribution in [0.3, 0.4) is 0 Å². The maximum absolute atomic E-state index is 11.5. The molecule has 0 spiro atoms. The van der Waals surface area contributed by atoms with Crippen LogP contribution in [-0.2, 0) is 4.74 Å². The highest BCUT2D eigenvalue weighted by molar-refractivity contribution is 14.1. The number of carbonyl (C=O) groups is 1. The summed E-state index contributed by atoms with van der Waals surface area (Å²) >= 11 is 3.85. The fourth-order valence-corrected chi connectivity index (χ4v) is 3.26. The van der Waals surface area contributed by atoms with E-state index in [1.165, 1.54) is 10.7 Å². The van der Waals surface area contributed by atoms with E-state index in [-0.39, 0.29) is 5.97 Å². The molecule has 0 N–H and O–H groups in total. The Kier molecular flexibility index (Phi) is 3.71. The topological polar surface area (TPSA) is 39.2 Å². The van der Waals surface area contributed by atoms with Crippen molar-refractivity contribution >= 4 is 50.1 Å². The van der Waals surface area contributed by atoms with Gasteiger partial charge in [0.1, 0.15) is 5.01 Å². The lowest BCUT2D eigenvalue weighted by Gasteiger charge is -1.97. The number of thiazole rings is 1. The molecule has 0 atom stereocenters.